The van der Waals surface area contributed by atoms with Crippen LogP contribution in [0, 0.1) is 12.3 Å². The van der Waals surface area contributed by atoms with Gasteiger partial charge in [0.05, 0.1) is 6.61 Å². The van der Waals surface area contributed by atoms with Crippen LogP contribution in [0.4, 0.5) is 0 Å². The summed E-state index contributed by atoms with van der Waals surface area (Å²) in [6, 6.07) is 1.85. The topological polar surface area (TPSA) is 76.5 Å². The Morgan fingerprint density at radius 1 is 1.35 bits per heavy atom. The van der Waals surface area contributed by atoms with E-state index < -0.39 is 17.4 Å². The van der Waals surface area contributed by atoms with Gasteiger partial charge in [0.15, 0.2) is 5.41 Å². The van der Waals surface area contributed by atoms with Gasteiger partial charge in [-0.1, -0.05) is 19.4 Å². The van der Waals surface area contributed by atoms with Gasteiger partial charge in [0.1, 0.15) is 0 Å². The van der Waals surface area contributed by atoms with Gasteiger partial charge in [-0.05, 0) is 31.4 Å². The van der Waals surface area contributed by atoms with Gasteiger partial charge < -0.3 is 9.84 Å². The predicted molar refractivity (Wildman–Crippen MR) is 74.3 cm³/mol. The third kappa shape index (κ3) is 3.56. The molecule has 5 heteroatoms. The molecule has 0 radical (unpaired) electrons. The molecular formula is C15H21NO4. The number of hydrogen-bond donors (Lipinski definition) is 1. The van der Waals surface area contributed by atoms with Crippen LogP contribution in [0.5, 0.6) is 0 Å². The van der Waals surface area contributed by atoms with Gasteiger partial charge in [0, 0.05) is 18.8 Å². The van der Waals surface area contributed by atoms with E-state index in [4.69, 9.17) is 4.74 Å². The number of carboxylic acid groups (broad SMARTS) is 1. The van der Waals surface area contributed by atoms with Gasteiger partial charge in [-0.15, -0.1) is 0 Å². The lowest BCUT2D eigenvalue weighted by Gasteiger charge is -2.26. The fourth-order valence-corrected chi connectivity index (χ4v) is 2.29. The highest BCUT2D eigenvalue weighted by molar-refractivity contribution is 5.99. The summed E-state index contributed by atoms with van der Waals surface area (Å²) in [6.45, 7) is 5.57. The minimum absolute atomic E-state index is 0.101. The fraction of sp³-hybridized carbons (Fsp3) is 0.533. The molecule has 1 heterocycles. The molecule has 0 spiro atoms. The highest BCUT2D eigenvalue weighted by Crippen LogP contribution is 2.31. The lowest BCUT2D eigenvalue weighted by Crippen LogP contribution is -2.42. The van der Waals surface area contributed by atoms with Crippen LogP contribution in [-0.4, -0.2) is 28.6 Å². The van der Waals surface area contributed by atoms with E-state index in [1.54, 1.807) is 19.3 Å². The SMILES string of the molecule is CCCC(Cc1cncc(C)c1)(C(=O)O)C(=O)OCC. The molecule has 0 aliphatic carbocycles. The quantitative estimate of drug-likeness (QED) is 0.612. The standard InChI is InChI=1S/C15H21NO4/c1-4-6-15(13(17)18,14(19)20-5-2)8-12-7-11(3)9-16-10-12/h7,9-10H,4-6,8H2,1-3H3,(H,17,18). The second kappa shape index (κ2) is 7.03. The maximum Gasteiger partial charge on any atom is 0.323 e. The van der Waals surface area contributed by atoms with Gasteiger partial charge in [0.2, 0.25) is 0 Å². The Labute approximate surface area is 119 Å². The first-order valence-corrected chi connectivity index (χ1v) is 6.77. The van der Waals surface area contributed by atoms with Crippen LogP contribution in [0.3, 0.4) is 0 Å². The molecule has 1 unspecified atom stereocenters. The number of carboxylic acids is 1. The predicted octanol–water partition coefficient (Wildman–Crippen LogP) is 2.37. The largest absolute Gasteiger partial charge is 0.480 e. The summed E-state index contributed by atoms with van der Waals surface area (Å²) in [6.07, 6.45) is 4.22. The molecule has 1 aromatic heterocycles. The lowest BCUT2D eigenvalue weighted by molar-refractivity contribution is -0.169. The second-order valence-electron chi connectivity index (χ2n) is 4.91. The van der Waals surface area contributed by atoms with Crippen molar-refractivity contribution in [1.82, 2.24) is 4.98 Å². The first-order chi connectivity index (χ1) is 9.46. The number of ether oxygens (including phenoxy) is 1. The molecule has 0 saturated heterocycles. The Hall–Kier alpha value is -1.91. The van der Waals surface area contributed by atoms with E-state index in [9.17, 15) is 14.7 Å². The Bertz CT molecular complexity index is 487. The van der Waals surface area contributed by atoms with Crippen LogP contribution < -0.4 is 0 Å². The van der Waals surface area contributed by atoms with Crippen LogP contribution in [0.15, 0.2) is 18.5 Å². The van der Waals surface area contributed by atoms with Crippen LogP contribution in [0.25, 0.3) is 0 Å². The zero-order valence-corrected chi connectivity index (χ0v) is 12.2. The maximum absolute atomic E-state index is 12.2. The number of pyridine rings is 1. The minimum Gasteiger partial charge on any atom is -0.480 e. The Morgan fingerprint density at radius 2 is 2.05 bits per heavy atom. The Morgan fingerprint density at radius 3 is 2.55 bits per heavy atom. The second-order valence-corrected chi connectivity index (χ2v) is 4.91. The van der Waals surface area contributed by atoms with E-state index >= 15 is 0 Å². The van der Waals surface area contributed by atoms with Crippen molar-refractivity contribution < 1.29 is 19.4 Å². The number of aromatic nitrogens is 1. The van der Waals surface area contributed by atoms with Crippen molar-refractivity contribution in [2.45, 2.75) is 40.0 Å². The zero-order chi connectivity index (χ0) is 15.2. The van der Waals surface area contributed by atoms with Gasteiger partial charge in [-0.2, -0.15) is 0 Å². The summed E-state index contributed by atoms with van der Waals surface area (Å²) in [5.74, 6) is -1.81. The van der Waals surface area contributed by atoms with Crippen molar-refractivity contribution in [1.29, 1.82) is 0 Å². The number of aliphatic carboxylic acids is 1. The normalized spacial score (nSPS) is 13.6. The van der Waals surface area contributed by atoms with Crippen molar-refractivity contribution >= 4 is 11.9 Å². The van der Waals surface area contributed by atoms with E-state index in [0.29, 0.717) is 6.42 Å². The van der Waals surface area contributed by atoms with Crippen molar-refractivity contribution in [2.75, 3.05) is 6.61 Å². The molecule has 1 atom stereocenters. The molecular weight excluding hydrogens is 258 g/mol. The molecule has 0 aliphatic heterocycles. The highest BCUT2D eigenvalue weighted by atomic mass is 16.5. The summed E-state index contributed by atoms with van der Waals surface area (Å²) in [4.78, 5) is 27.9. The van der Waals surface area contributed by atoms with E-state index in [-0.39, 0.29) is 19.4 Å². The molecule has 20 heavy (non-hydrogen) atoms. The van der Waals surface area contributed by atoms with Crippen LogP contribution >= 0.6 is 0 Å². The van der Waals surface area contributed by atoms with Gasteiger partial charge in [-0.25, -0.2) is 0 Å². The summed E-state index contributed by atoms with van der Waals surface area (Å²) in [5.41, 5.74) is 0.135. The van der Waals surface area contributed by atoms with Crippen molar-refractivity contribution in [3.63, 3.8) is 0 Å². The number of carbonyl (C=O) groups is 2. The molecule has 1 aromatic rings. The van der Waals surface area contributed by atoms with Crippen molar-refractivity contribution in [3.8, 4) is 0 Å². The molecule has 0 saturated carbocycles. The number of carbonyl (C=O) groups excluding carboxylic acids is 1. The minimum atomic E-state index is -1.53. The number of nitrogens with zero attached hydrogens (tertiary/aromatic N) is 1. The van der Waals surface area contributed by atoms with E-state index in [0.717, 1.165) is 11.1 Å². The summed E-state index contributed by atoms with van der Waals surface area (Å²) in [7, 11) is 0. The number of esters is 1. The average Bonchev–Trinajstić information content (AvgIpc) is 2.38. The first-order valence-electron chi connectivity index (χ1n) is 6.77. The first kappa shape index (κ1) is 16.1. The molecule has 1 N–H and O–H groups in total. The third-order valence-corrected chi connectivity index (χ3v) is 3.19. The van der Waals surface area contributed by atoms with Crippen LogP contribution in [0.1, 0.15) is 37.8 Å². The molecule has 110 valence electrons. The van der Waals surface area contributed by atoms with E-state index in [1.165, 1.54) is 0 Å². The fourth-order valence-electron chi connectivity index (χ4n) is 2.29. The molecule has 5 nitrogen and oxygen atoms in total. The Balaban J connectivity index is 3.15. The molecule has 0 bridgehead atoms. The van der Waals surface area contributed by atoms with E-state index in [2.05, 4.69) is 4.98 Å². The summed E-state index contributed by atoms with van der Waals surface area (Å²) in [5, 5.41) is 9.56. The van der Waals surface area contributed by atoms with Gasteiger partial charge in [0.25, 0.3) is 0 Å². The van der Waals surface area contributed by atoms with E-state index in [1.807, 2.05) is 19.9 Å². The monoisotopic (exact) mass is 279 g/mol. The lowest BCUT2D eigenvalue weighted by atomic mass is 9.78. The van der Waals surface area contributed by atoms with Gasteiger partial charge in [-0.3, -0.25) is 14.6 Å². The molecule has 0 amide bonds. The number of hydrogen-bond acceptors (Lipinski definition) is 4. The number of aryl methyl sites for hydroxylation is 1. The molecule has 0 fully saturated rings. The van der Waals surface area contributed by atoms with Gasteiger partial charge >= 0.3 is 11.9 Å². The van der Waals surface area contributed by atoms with Crippen LogP contribution in [0.2, 0.25) is 0 Å². The smallest absolute Gasteiger partial charge is 0.323 e. The summed E-state index contributed by atoms with van der Waals surface area (Å²) >= 11 is 0. The number of rotatable bonds is 7. The molecule has 0 aromatic carbocycles. The molecule has 1 rings (SSSR count). The summed E-state index contributed by atoms with van der Waals surface area (Å²) < 4.78 is 4.98. The zero-order valence-electron chi connectivity index (χ0n) is 12.2. The highest BCUT2D eigenvalue weighted by Gasteiger charge is 2.47. The third-order valence-electron chi connectivity index (χ3n) is 3.19. The maximum atomic E-state index is 12.2. The molecule has 0 aliphatic rings. The van der Waals surface area contributed by atoms with Crippen molar-refractivity contribution in [3.05, 3.63) is 29.6 Å². The van der Waals surface area contributed by atoms with Crippen molar-refractivity contribution in [2.24, 2.45) is 5.41 Å². The Kier molecular flexibility index (Phi) is 5.67. The average molecular weight is 279 g/mol. The van der Waals surface area contributed by atoms with Crippen LogP contribution in [-0.2, 0) is 20.7 Å².